The summed E-state index contributed by atoms with van der Waals surface area (Å²) in [5.74, 6) is 0. The number of halogens is 2. The highest BCUT2D eigenvalue weighted by Gasteiger charge is 2.13. The van der Waals surface area contributed by atoms with Gasteiger partial charge in [0.2, 0.25) is 0 Å². The minimum absolute atomic E-state index is 0.0486. The molecular formula is C7H8F2N2O. The number of pyridine rings is 1. The van der Waals surface area contributed by atoms with Gasteiger partial charge in [-0.2, -0.15) is 0 Å². The molecule has 0 spiro atoms. The van der Waals surface area contributed by atoms with E-state index in [4.69, 9.17) is 5.73 Å². The van der Waals surface area contributed by atoms with E-state index in [2.05, 4.69) is 4.98 Å². The fourth-order valence-corrected chi connectivity index (χ4v) is 0.933. The van der Waals surface area contributed by atoms with E-state index >= 15 is 0 Å². The Kier molecular flexibility index (Phi) is 2.54. The van der Waals surface area contributed by atoms with E-state index < -0.39 is 11.9 Å². The van der Waals surface area contributed by atoms with Crippen LogP contribution in [0.5, 0.6) is 0 Å². The van der Waals surface area contributed by atoms with Gasteiger partial charge in [-0.1, -0.05) is 0 Å². The van der Waals surface area contributed by atoms with E-state index in [1.54, 1.807) is 0 Å². The second-order valence-corrected chi connectivity index (χ2v) is 2.24. The molecule has 0 aliphatic rings. The number of aromatic nitrogens is 1. The molecule has 0 amide bonds. The predicted octanol–water partition coefficient (Wildman–Crippen LogP) is 0.771. The van der Waals surface area contributed by atoms with E-state index in [9.17, 15) is 13.6 Å². The molecule has 66 valence electrons. The van der Waals surface area contributed by atoms with Crippen molar-refractivity contribution >= 4 is 0 Å². The molecule has 1 heterocycles. The Morgan fingerprint density at radius 1 is 1.58 bits per heavy atom. The Balaban J connectivity index is 3.28. The Labute approximate surface area is 67.2 Å². The van der Waals surface area contributed by atoms with Crippen LogP contribution < -0.4 is 11.2 Å². The van der Waals surface area contributed by atoms with Crippen molar-refractivity contribution in [3.63, 3.8) is 0 Å². The summed E-state index contributed by atoms with van der Waals surface area (Å²) in [6.07, 6.45) is -1.50. The summed E-state index contributed by atoms with van der Waals surface area (Å²) < 4.78 is 24.3. The average molecular weight is 174 g/mol. The number of hydrogen-bond donors (Lipinski definition) is 2. The summed E-state index contributed by atoms with van der Waals surface area (Å²) in [6.45, 7) is -0.171. The Bertz CT molecular complexity index is 321. The highest BCUT2D eigenvalue weighted by Crippen LogP contribution is 2.17. The molecule has 0 saturated heterocycles. The van der Waals surface area contributed by atoms with Gasteiger partial charge in [0.25, 0.3) is 6.43 Å². The number of rotatable bonds is 2. The zero-order valence-electron chi connectivity index (χ0n) is 6.18. The summed E-state index contributed by atoms with van der Waals surface area (Å²) >= 11 is 0. The van der Waals surface area contributed by atoms with Gasteiger partial charge in [-0.05, 0) is 0 Å². The number of H-pyrrole nitrogens is 1. The van der Waals surface area contributed by atoms with Crippen LogP contribution in [-0.4, -0.2) is 4.98 Å². The molecule has 1 aromatic heterocycles. The first-order chi connectivity index (χ1) is 5.66. The zero-order valence-corrected chi connectivity index (χ0v) is 6.18. The molecule has 0 fully saturated rings. The molecule has 0 saturated carbocycles. The molecular weight excluding hydrogens is 166 g/mol. The second-order valence-electron chi connectivity index (χ2n) is 2.24. The van der Waals surface area contributed by atoms with Crippen LogP contribution in [0.25, 0.3) is 0 Å². The molecule has 0 aliphatic heterocycles. The third-order valence-electron chi connectivity index (χ3n) is 1.52. The predicted molar refractivity (Wildman–Crippen MR) is 39.9 cm³/mol. The van der Waals surface area contributed by atoms with Crippen LogP contribution in [-0.2, 0) is 6.54 Å². The van der Waals surface area contributed by atoms with Crippen LogP contribution in [0.4, 0.5) is 8.78 Å². The Hall–Kier alpha value is -1.23. The van der Waals surface area contributed by atoms with E-state index in [0.717, 1.165) is 0 Å². The zero-order chi connectivity index (χ0) is 9.14. The van der Waals surface area contributed by atoms with Crippen molar-refractivity contribution < 1.29 is 8.78 Å². The van der Waals surface area contributed by atoms with E-state index in [0.29, 0.717) is 0 Å². The fraction of sp³-hybridized carbons (Fsp3) is 0.286. The SMILES string of the molecule is NCc1c(C(F)F)[nH]ccc1=O. The van der Waals surface area contributed by atoms with Crippen LogP contribution >= 0.6 is 0 Å². The van der Waals surface area contributed by atoms with E-state index in [1.165, 1.54) is 12.3 Å². The summed E-state index contributed by atoms with van der Waals surface area (Å²) in [4.78, 5) is 13.2. The van der Waals surface area contributed by atoms with Crippen molar-refractivity contribution in [2.45, 2.75) is 13.0 Å². The third kappa shape index (κ3) is 1.50. The molecule has 0 radical (unpaired) electrons. The van der Waals surface area contributed by atoms with Gasteiger partial charge in [0, 0.05) is 24.4 Å². The summed E-state index contributed by atoms with van der Waals surface area (Å²) in [7, 11) is 0. The van der Waals surface area contributed by atoms with Crippen molar-refractivity contribution in [2.24, 2.45) is 5.73 Å². The maximum Gasteiger partial charge on any atom is 0.278 e. The van der Waals surface area contributed by atoms with Gasteiger partial charge < -0.3 is 10.7 Å². The highest BCUT2D eigenvalue weighted by molar-refractivity contribution is 5.20. The maximum atomic E-state index is 12.2. The molecule has 1 rings (SSSR count). The van der Waals surface area contributed by atoms with Crippen LogP contribution in [0.2, 0.25) is 0 Å². The first kappa shape index (κ1) is 8.86. The lowest BCUT2D eigenvalue weighted by Gasteiger charge is -2.04. The molecule has 5 heteroatoms. The average Bonchev–Trinajstić information content (AvgIpc) is 2.03. The first-order valence-electron chi connectivity index (χ1n) is 3.35. The van der Waals surface area contributed by atoms with Crippen LogP contribution in [0, 0.1) is 0 Å². The van der Waals surface area contributed by atoms with E-state index in [1.807, 2.05) is 0 Å². The van der Waals surface area contributed by atoms with Gasteiger partial charge >= 0.3 is 0 Å². The third-order valence-corrected chi connectivity index (χ3v) is 1.52. The summed E-state index contributed by atoms with van der Waals surface area (Å²) in [6, 6.07) is 1.17. The van der Waals surface area contributed by atoms with Gasteiger partial charge in [0.15, 0.2) is 5.43 Å². The van der Waals surface area contributed by atoms with Gasteiger partial charge in [-0.15, -0.1) is 0 Å². The van der Waals surface area contributed by atoms with Gasteiger partial charge in [0.1, 0.15) is 0 Å². The molecule has 0 aliphatic carbocycles. The Morgan fingerprint density at radius 2 is 2.25 bits per heavy atom. The summed E-state index contributed by atoms with van der Waals surface area (Å²) in [5, 5.41) is 0. The standard InChI is InChI=1S/C7H8F2N2O/c8-7(9)6-4(3-10)5(12)1-2-11-6/h1-2,7H,3,10H2,(H,11,12). The number of nitrogens with one attached hydrogen (secondary N) is 1. The molecule has 0 aromatic carbocycles. The quantitative estimate of drug-likeness (QED) is 0.695. The van der Waals surface area contributed by atoms with Crippen LogP contribution in [0.3, 0.4) is 0 Å². The Morgan fingerprint density at radius 3 is 2.67 bits per heavy atom. The smallest absolute Gasteiger partial charge is 0.278 e. The number of hydrogen-bond acceptors (Lipinski definition) is 2. The van der Waals surface area contributed by atoms with Gasteiger partial charge in [0.05, 0.1) is 5.69 Å². The molecule has 0 atom stereocenters. The normalized spacial score (nSPS) is 10.7. The van der Waals surface area contributed by atoms with Crippen molar-refractivity contribution in [1.82, 2.24) is 4.98 Å². The molecule has 1 aromatic rings. The largest absolute Gasteiger partial charge is 0.360 e. The number of nitrogens with two attached hydrogens (primary N) is 1. The molecule has 12 heavy (non-hydrogen) atoms. The summed E-state index contributed by atoms with van der Waals surface area (Å²) in [5.41, 5.74) is 4.25. The lowest BCUT2D eigenvalue weighted by Crippen LogP contribution is -2.16. The monoisotopic (exact) mass is 174 g/mol. The number of alkyl halides is 2. The van der Waals surface area contributed by atoms with Crippen molar-refractivity contribution in [1.29, 1.82) is 0 Å². The minimum Gasteiger partial charge on any atom is -0.360 e. The molecule has 0 bridgehead atoms. The topological polar surface area (TPSA) is 58.9 Å². The minimum atomic E-state index is -2.68. The van der Waals surface area contributed by atoms with Crippen LogP contribution in [0.1, 0.15) is 17.7 Å². The van der Waals surface area contributed by atoms with Crippen molar-refractivity contribution in [3.05, 3.63) is 33.7 Å². The van der Waals surface area contributed by atoms with Crippen molar-refractivity contribution in [3.8, 4) is 0 Å². The van der Waals surface area contributed by atoms with Gasteiger partial charge in [-0.25, -0.2) is 8.78 Å². The highest BCUT2D eigenvalue weighted by atomic mass is 19.3. The molecule has 0 unspecified atom stereocenters. The lowest BCUT2D eigenvalue weighted by molar-refractivity contribution is 0.144. The number of aromatic amines is 1. The van der Waals surface area contributed by atoms with E-state index in [-0.39, 0.29) is 17.8 Å². The second kappa shape index (κ2) is 3.44. The van der Waals surface area contributed by atoms with Crippen molar-refractivity contribution in [2.75, 3.05) is 0 Å². The lowest BCUT2D eigenvalue weighted by atomic mass is 10.2. The fourth-order valence-electron chi connectivity index (χ4n) is 0.933. The molecule has 3 nitrogen and oxygen atoms in total. The maximum absolute atomic E-state index is 12.2. The van der Waals surface area contributed by atoms with Crippen LogP contribution in [0.15, 0.2) is 17.1 Å². The molecule has 3 N–H and O–H groups in total. The van der Waals surface area contributed by atoms with Gasteiger partial charge in [-0.3, -0.25) is 4.79 Å². The first-order valence-corrected chi connectivity index (χ1v) is 3.35.